The van der Waals surface area contributed by atoms with Gasteiger partial charge in [0.05, 0.1) is 21.1 Å². The number of rotatable bonds is 2. The number of aromatic nitrogens is 2. The summed E-state index contributed by atoms with van der Waals surface area (Å²) < 4.78 is 0. The topological polar surface area (TPSA) is 31.6 Å². The molecular formula is C24H18N2S2. The lowest BCUT2D eigenvalue weighted by Crippen LogP contribution is -1.86. The highest BCUT2D eigenvalue weighted by Crippen LogP contribution is 2.38. The summed E-state index contributed by atoms with van der Waals surface area (Å²) in [6, 6.07) is 17.8. The third-order valence-electron chi connectivity index (χ3n) is 5.75. The molecule has 0 atom stereocenters. The molecule has 4 heterocycles. The predicted molar refractivity (Wildman–Crippen MR) is 124 cm³/mol. The van der Waals surface area contributed by atoms with Gasteiger partial charge in [-0.25, -0.2) is 0 Å². The summed E-state index contributed by atoms with van der Waals surface area (Å²) in [6.07, 6.45) is 0. The van der Waals surface area contributed by atoms with Gasteiger partial charge in [0.15, 0.2) is 0 Å². The van der Waals surface area contributed by atoms with E-state index in [-0.39, 0.29) is 0 Å². The van der Waals surface area contributed by atoms with E-state index in [1.807, 2.05) is 0 Å². The minimum atomic E-state index is 1.20. The number of H-pyrrole nitrogens is 2. The Balaban J connectivity index is 1.65. The molecule has 0 radical (unpaired) electrons. The summed E-state index contributed by atoms with van der Waals surface area (Å²) in [5.41, 5.74) is 7.50. The Labute approximate surface area is 170 Å². The Hall–Kier alpha value is -2.82. The Bertz CT molecular complexity index is 1350. The van der Waals surface area contributed by atoms with Crippen LogP contribution in [0, 0.1) is 13.8 Å². The fraction of sp³-hybridized carbons (Fsp3) is 0.0833. The molecule has 0 unspecified atom stereocenters. The molecule has 0 aliphatic heterocycles. The molecule has 2 aromatic carbocycles. The fourth-order valence-electron chi connectivity index (χ4n) is 4.27. The van der Waals surface area contributed by atoms with E-state index in [4.69, 9.17) is 0 Å². The van der Waals surface area contributed by atoms with Gasteiger partial charge in [0.2, 0.25) is 0 Å². The van der Waals surface area contributed by atoms with Crippen molar-refractivity contribution in [1.29, 1.82) is 0 Å². The molecule has 0 spiro atoms. The zero-order valence-corrected chi connectivity index (χ0v) is 17.2. The third kappa shape index (κ3) is 2.25. The summed E-state index contributed by atoms with van der Waals surface area (Å²) in [7, 11) is 0. The average molecular weight is 399 g/mol. The maximum atomic E-state index is 3.64. The maximum absolute atomic E-state index is 3.64. The normalized spacial score (nSPS) is 11.9. The number of aryl methyl sites for hydroxylation is 2. The van der Waals surface area contributed by atoms with Crippen molar-refractivity contribution < 1.29 is 0 Å². The van der Waals surface area contributed by atoms with Crippen LogP contribution < -0.4 is 0 Å². The minimum Gasteiger partial charge on any atom is -0.354 e. The lowest BCUT2D eigenvalue weighted by molar-refractivity contribution is 1.47. The number of aromatic amines is 2. The van der Waals surface area contributed by atoms with Crippen molar-refractivity contribution in [2.24, 2.45) is 0 Å². The molecule has 2 N–H and O–H groups in total. The minimum absolute atomic E-state index is 1.20. The first-order valence-corrected chi connectivity index (χ1v) is 11.1. The second-order valence-corrected chi connectivity index (χ2v) is 9.24. The molecule has 0 saturated heterocycles. The highest BCUT2D eigenvalue weighted by atomic mass is 32.1. The Kier molecular flexibility index (Phi) is 3.37. The molecule has 4 heteroatoms. The molecule has 136 valence electrons. The van der Waals surface area contributed by atoms with E-state index >= 15 is 0 Å². The highest BCUT2D eigenvalue weighted by Gasteiger charge is 2.14. The molecule has 6 aromatic rings. The van der Waals surface area contributed by atoms with E-state index in [9.17, 15) is 0 Å². The van der Waals surface area contributed by atoms with Crippen molar-refractivity contribution in [2.45, 2.75) is 13.8 Å². The summed E-state index contributed by atoms with van der Waals surface area (Å²) in [6.45, 7) is 4.48. The second kappa shape index (κ2) is 5.84. The highest BCUT2D eigenvalue weighted by molar-refractivity contribution is 7.13. The van der Waals surface area contributed by atoms with Crippen molar-refractivity contribution in [3.8, 4) is 21.1 Å². The lowest BCUT2D eigenvalue weighted by atomic mass is 9.96. The van der Waals surface area contributed by atoms with Crippen LogP contribution in [0.5, 0.6) is 0 Å². The van der Waals surface area contributed by atoms with Crippen LogP contribution in [-0.4, -0.2) is 9.97 Å². The zero-order chi connectivity index (χ0) is 18.8. The fourth-order valence-corrected chi connectivity index (χ4v) is 5.67. The van der Waals surface area contributed by atoms with Crippen molar-refractivity contribution in [2.75, 3.05) is 0 Å². The number of benzene rings is 2. The van der Waals surface area contributed by atoms with Gasteiger partial charge < -0.3 is 9.97 Å². The van der Waals surface area contributed by atoms with E-state index in [0.717, 1.165) is 0 Å². The van der Waals surface area contributed by atoms with Crippen LogP contribution in [0.3, 0.4) is 0 Å². The smallest absolute Gasteiger partial charge is 0.0566 e. The summed E-state index contributed by atoms with van der Waals surface area (Å²) in [5, 5.41) is 9.52. The second-order valence-electron chi connectivity index (χ2n) is 7.34. The number of thiophene rings is 2. The molecule has 0 amide bonds. The largest absolute Gasteiger partial charge is 0.354 e. The molecule has 0 aliphatic carbocycles. The van der Waals surface area contributed by atoms with Gasteiger partial charge >= 0.3 is 0 Å². The number of nitrogens with one attached hydrogen (secondary N) is 2. The van der Waals surface area contributed by atoms with Crippen LogP contribution in [0.4, 0.5) is 0 Å². The zero-order valence-electron chi connectivity index (χ0n) is 15.6. The van der Waals surface area contributed by atoms with E-state index in [1.54, 1.807) is 22.7 Å². The number of hydrogen-bond acceptors (Lipinski definition) is 2. The van der Waals surface area contributed by atoms with Crippen molar-refractivity contribution in [3.63, 3.8) is 0 Å². The van der Waals surface area contributed by atoms with E-state index in [2.05, 4.69) is 83.1 Å². The van der Waals surface area contributed by atoms with Gasteiger partial charge in [-0.1, -0.05) is 12.1 Å². The van der Waals surface area contributed by atoms with Crippen LogP contribution >= 0.6 is 22.7 Å². The molecule has 4 aromatic heterocycles. The first-order chi connectivity index (χ1) is 13.7. The van der Waals surface area contributed by atoms with Crippen LogP contribution in [0.25, 0.3) is 53.7 Å². The maximum Gasteiger partial charge on any atom is 0.0566 e. The van der Waals surface area contributed by atoms with Crippen molar-refractivity contribution in [1.82, 2.24) is 9.97 Å². The van der Waals surface area contributed by atoms with Crippen LogP contribution in [0.2, 0.25) is 0 Å². The molecule has 2 nitrogen and oxygen atoms in total. The van der Waals surface area contributed by atoms with Crippen molar-refractivity contribution >= 4 is 55.3 Å². The van der Waals surface area contributed by atoms with Gasteiger partial charge in [-0.05, 0) is 82.9 Å². The molecular weight excluding hydrogens is 380 g/mol. The van der Waals surface area contributed by atoms with Gasteiger partial charge in [-0.2, -0.15) is 0 Å². The average Bonchev–Trinajstić information content (AvgIpc) is 3.47. The molecule has 6 rings (SSSR count). The monoisotopic (exact) mass is 398 g/mol. The number of hydrogen-bond donors (Lipinski definition) is 2. The van der Waals surface area contributed by atoms with E-state index in [0.29, 0.717) is 0 Å². The molecule has 0 fully saturated rings. The Morgan fingerprint density at radius 2 is 1.07 bits per heavy atom. The summed E-state index contributed by atoms with van der Waals surface area (Å²) >= 11 is 3.55. The first kappa shape index (κ1) is 16.2. The van der Waals surface area contributed by atoms with Gasteiger partial charge in [-0.3, -0.25) is 0 Å². The third-order valence-corrected chi connectivity index (χ3v) is 7.56. The summed E-state index contributed by atoms with van der Waals surface area (Å²) in [5.74, 6) is 0. The van der Waals surface area contributed by atoms with Gasteiger partial charge in [0.1, 0.15) is 0 Å². The van der Waals surface area contributed by atoms with Crippen LogP contribution in [0.1, 0.15) is 11.1 Å². The summed E-state index contributed by atoms with van der Waals surface area (Å²) in [4.78, 5) is 9.84. The molecule has 0 saturated carbocycles. The van der Waals surface area contributed by atoms with Crippen molar-refractivity contribution in [3.05, 3.63) is 70.4 Å². The van der Waals surface area contributed by atoms with Gasteiger partial charge in [-0.15, -0.1) is 22.7 Å². The van der Waals surface area contributed by atoms with Crippen LogP contribution in [-0.2, 0) is 0 Å². The molecule has 0 aliphatic rings. The SMILES string of the molecule is Cc1c2cc(-c3cccs3)[nH]c2cc2c(C)c3cc(-c4cccs4)[nH]c3cc12. The lowest BCUT2D eigenvalue weighted by Gasteiger charge is -2.08. The quantitative estimate of drug-likeness (QED) is 0.297. The standard InChI is InChI=1S/C24H18N2S2/c1-13-15-9-20-18(12-22(26-20)24-6-4-8-28-24)14(2)16(15)10-19-17(13)11-21(25-19)23-5-3-7-27-23/h3-12,25-26H,1-2H3. The molecule has 28 heavy (non-hydrogen) atoms. The number of fused-ring (bicyclic) bond motifs is 3. The Morgan fingerprint density at radius 1 is 0.607 bits per heavy atom. The van der Waals surface area contributed by atoms with E-state index in [1.165, 1.54) is 64.8 Å². The van der Waals surface area contributed by atoms with Gasteiger partial charge in [0, 0.05) is 21.8 Å². The predicted octanol–water partition coefficient (Wildman–Crippen LogP) is 7.88. The van der Waals surface area contributed by atoms with Gasteiger partial charge in [0.25, 0.3) is 0 Å². The van der Waals surface area contributed by atoms with Crippen LogP contribution in [0.15, 0.2) is 59.3 Å². The van der Waals surface area contributed by atoms with E-state index < -0.39 is 0 Å². The molecule has 0 bridgehead atoms. The first-order valence-electron chi connectivity index (χ1n) is 9.35. The Morgan fingerprint density at radius 3 is 1.46 bits per heavy atom.